The molecule has 0 aliphatic heterocycles. The van der Waals surface area contributed by atoms with E-state index in [9.17, 15) is 18.0 Å². The van der Waals surface area contributed by atoms with Crippen LogP contribution in [0.25, 0.3) is 0 Å². The summed E-state index contributed by atoms with van der Waals surface area (Å²) < 4.78 is 39.4. The number of carbonyl (C=O) groups excluding carboxylic acids is 1. The van der Waals surface area contributed by atoms with Gasteiger partial charge in [0.15, 0.2) is 29.0 Å². The molecule has 2 nitrogen and oxygen atoms in total. The fourth-order valence-electron chi connectivity index (χ4n) is 1.48. The van der Waals surface area contributed by atoms with E-state index in [0.717, 1.165) is 30.3 Å². The van der Waals surface area contributed by atoms with Crippen LogP contribution in [0.5, 0.6) is 5.75 Å². The zero-order valence-electron chi connectivity index (χ0n) is 8.95. The summed E-state index contributed by atoms with van der Waals surface area (Å²) >= 11 is 0. The van der Waals surface area contributed by atoms with Crippen molar-refractivity contribution in [2.75, 3.05) is 0 Å². The van der Waals surface area contributed by atoms with Crippen LogP contribution in [0.4, 0.5) is 13.2 Å². The molecule has 0 radical (unpaired) electrons. The van der Waals surface area contributed by atoms with Gasteiger partial charge in [0.05, 0.1) is 5.56 Å². The predicted octanol–water partition coefficient (Wildman–Crippen LogP) is 3.04. The molecule has 2 aromatic rings. The third-order valence-electron chi connectivity index (χ3n) is 2.41. The van der Waals surface area contributed by atoms with Crippen LogP contribution in [-0.4, -0.2) is 10.9 Å². The van der Waals surface area contributed by atoms with Gasteiger partial charge >= 0.3 is 0 Å². The van der Waals surface area contributed by atoms with Crippen molar-refractivity contribution in [1.82, 2.24) is 0 Å². The molecule has 0 aliphatic carbocycles. The maximum absolute atomic E-state index is 13.4. The Balaban J connectivity index is 2.48. The Labute approximate surface area is 100 Å². The van der Waals surface area contributed by atoms with Crippen molar-refractivity contribution in [3.63, 3.8) is 0 Å². The summed E-state index contributed by atoms with van der Waals surface area (Å²) in [4.78, 5) is 11.8. The largest absolute Gasteiger partial charge is 0.505 e. The first-order valence-corrected chi connectivity index (χ1v) is 4.98. The standard InChI is InChI=1S/C13H7F3O2/c14-9-3-1-2-8(12(9)16)13(18)7-4-5-11(17)10(15)6-7/h1-6,17H. The van der Waals surface area contributed by atoms with Crippen molar-refractivity contribution in [2.24, 2.45) is 0 Å². The molecule has 0 aliphatic rings. The molecule has 0 saturated heterocycles. The van der Waals surface area contributed by atoms with Crippen LogP contribution in [0.3, 0.4) is 0 Å². The fraction of sp³-hybridized carbons (Fsp3) is 0. The molecular formula is C13H7F3O2. The van der Waals surface area contributed by atoms with Gasteiger partial charge in [0.25, 0.3) is 0 Å². The molecule has 1 N–H and O–H groups in total. The van der Waals surface area contributed by atoms with Crippen LogP contribution in [0.1, 0.15) is 15.9 Å². The van der Waals surface area contributed by atoms with Gasteiger partial charge < -0.3 is 5.11 Å². The molecule has 2 rings (SSSR count). The van der Waals surface area contributed by atoms with E-state index in [1.807, 2.05) is 0 Å². The van der Waals surface area contributed by atoms with Gasteiger partial charge in [0.2, 0.25) is 0 Å². The molecule has 0 atom stereocenters. The second-order valence-corrected chi connectivity index (χ2v) is 3.60. The second-order valence-electron chi connectivity index (χ2n) is 3.60. The molecule has 0 aromatic heterocycles. The van der Waals surface area contributed by atoms with Gasteiger partial charge in [-0.15, -0.1) is 0 Å². The lowest BCUT2D eigenvalue weighted by molar-refractivity contribution is 0.103. The number of hydrogen-bond donors (Lipinski definition) is 1. The van der Waals surface area contributed by atoms with E-state index in [2.05, 4.69) is 0 Å². The number of rotatable bonds is 2. The Hall–Kier alpha value is -2.30. The molecule has 0 unspecified atom stereocenters. The van der Waals surface area contributed by atoms with Gasteiger partial charge in [-0.25, -0.2) is 13.2 Å². The zero-order valence-corrected chi connectivity index (χ0v) is 8.95. The average Bonchev–Trinajstić information content (AvgIpc) is 2.35. The number of halogens is 3. The zero-order chi connectivity index (χ0) is 13.3. The van der Waals surface area contributed by atoms with Crippen molar-refractivity contribution in [3.05, 3.63) is 65.0 Å². The van der Waals surface area contributed by atoms with Crippen molar-refractivity contribution < 1.29 is 23.1 Å². The molecule has 0 spiro atoms. The third-order valence-corrected chi connectivity index (χ3v) is 2.41. The number of phenols is 1. The quantitative estimate of drug-likeness (QED) is 0.834. The van der Waals surface area contributed by atoms with E-state index in [0.29, 0.717) is 0 Å². The minimum Gasteiger partial charge on any atom is -0.505 e. The number of benzene rings is 2. The van der Waals surface area contributed by atoms with E-state index in [4.69, 9.17) is 5.11 Å². The number of aromatic hydroxyl groups is 1. The molecule has 0 saturated carbocycles. The van der Waals surface area contributed by atoms with Crippen molar-refractivity contribution >= 4 is 5.78 Å². The highest BCUT2D eigenvalue weighted by Crippen LogP contribution is 2.20. The molecule has 5 heteroatoms. The molecule has 92 valence electrons. The van der Waals surface area contributed by atoms with Gasteiger partial charge in [0, 0.05) is 5.56 Å². The molecule has 0 bridgehead atoms. The summed E-state index contributed by atoms with van der Waals surface area (Å²) in [5.41, 5.74) is -0.658. The normalized spacial score (nSPS) is 10.4. The van der Waals surface area contributed by atoms with Crippen LogP contribution < -0.4 is 0 Å². The van der Waals surface area contributed by atoms with E-state index in [-0.39, 0.29) is 5.56 Å². The summed E-state index contributed by atoms with van der Waals surface area (Å²) in [6.07, 6.45) is 0. The summed E-state index contributed by atoms with van der Waals surface area (Å²) in [7, 11) is 0. The Kier molecular flexibility index (Phi) is 3.06. The number of phenolic OH excluding ortho intramolecular Hbond substituents is 1. The summed E-state index contributed by atoms with van der Waals surface area (Å²) in [6.45, 7) is 0. The highest BCUT2D eigenvalue weighted by molar-refractivity contribution is 6.09. The predicted molar refractivity (Wildman–Crippen MR) is 57.9 cm³/mol. The van der Waals surface area contributed by atoms with Crippen LogP contribution in [0.15, 0.2) is 36.4 Å². The lowest BCUT2D eigenvalue weighted by Crippen LogP contribution is -2.06. The maximum atomic E-state index is 13.4. The van der Waals surface area contributed by atoms with Crippen LogP contribution >= 0.6 is 0 Å². The van der Waals surface area contributed by atoms with E-state index in [1.54, 1.807) is 0 Å². The minimum absolute atomic E-state index is 0.171. The topological polar surface area (TPSA) is 37.3 Å². The number of ketones is 1. The van der Waals surface area contributed by atoms with E-state index >= 15 is 0 Å². The monoisotopic (exact) mass is 252 g/mol. The summed E-state index contributed by atoms with van der Waals surface area (Å²) in [5, 5.41) is 8.97. The Morgan fingerprint density at radius 1 is 1.00 bits per heavy atom. The van der Waals surface area contributed by atoms with Crippen LogP contribution in [-0.2, 0) is 0 Å². The highest BCUT2D eigenvalue weighted by Gasteiger charge is 2.17. The summed E-state index contributed by atoms with van der Waals surface area (Å²) in [6, 6.07) is 6.03. The maximum Gasteiger partial charge on any atom is 0.196 e. The lowest BCUT2D eigenvalue weighted by Gasteiger charge is -2.04. The molecular weight excluding hydrogens is 245 g/mol. The number of hydrogen-bond acceptors (Lipinski definition) is 2. The van der Waals surface area contributed by atoms with Gasteiger partial charge in [-0.1, -0.05) is 6.07 Å². The van der Waals surface area contributed by atoms with E-state index in [1.165, 1.54) is 6.07 Å². The minimum atomic E-state index is -1.28. The first-order valence-electron chi connectivity index (χ1n) is 4.98. The van der Waals surface area contributed by atoms with Crippen molar-refractivity contribution in [3.8, 4) is 5.75 Å². The third kappa shape index (κ3) is 2.07. The van der Waals surface area contributed by atoms with Gasteiger partial charge in [-0.3, -0.25) is 4.79 Å². The average molecular weight is 252 g/mol. The van der Waals surface area contributed by atoms with Crippen LogP contribution in [0, 0.1) is 17.5 Å². The SMILES string of the molecule is O=C(c1ccc(O)c(F)c1)c1cccc(F)c1F. The fourth-order valence-corrected chi connectivity index (χ4v) is 1.48. The van der Waals surface area contributed by atoms with Crippen LogP contribution in [0.2, 0.25) is 0 Å². The highest BCUT2D eigenvalue weighted by atomic mass is 19.2. The Morgan fingerprint density at radius 2 is 1.72 bits per heavy atom. The van der Waals surface area contributed by atoms with Crippen molar-refractivity contribution in [2.45, 2.75) is 0 Å². The summed E-state index contributed by atoms with van der Waals surface area (Å²) in [5.74, 6) is -4.91. The Bertz CT molecular complexity index is 624. The molecule has 18 heavy (non-hydrogen) atoms. The molecule has 0 amide bonds. The number of carbonyl (C=O) groups is 1. The van der Waals surface area contributed by atoms with Gasteiger partial charge in [-0.05, 0) is 30.3 Å². The van der Waals surface area contributed by atoms with E-state index < -0.39 is 34.5 Å². The first-order chi connectivity index (χ1) is 8.50. The van der Waals surface area contributed by atoms with Gasteiger partial charge in [0.1, 0.15) is 0 Å². The first kappa shape index (κ1) is 12.2. The molecule has 0 fully saturated rings. The molecule has 0 heterocycles. The Morgan fingerprint density at radius 3 is 2.39 bits per heavy atom. The van der Waals surface area contributed by atoms with Crippen molar-refractivity contribution in [1.29, 1.82) is 0 Å². The molecule has 2 aromatic carbocycles. The second kappa shape index (κ2) is 4.52. The lowest BCUT2D eigenvalue weighted by atomic mass is 10.0. The smallest absolute Gasteiger partial charge is 0.196 e. The van der Waals surface area contributed by atoms with Gasteiger partial charge in [-0.2, -0.15) is 0 Å².